The summed E-state index contributed by atoms with van der Waals surface area (Å²) in [5, 5.41) is 15.6. The Bertz CT molecular complexity index is 625. The molecule has 7 nitrogen and oxygen atoms in total. The number of hydrogen-bond acceptors (Lipinski definition) is 4. The summed E-state index contributed by atoms with van der Waals surface area (Å²) in [7, 11) is 2.00. The van der Waals surface area contributed by atoms with Crippen molar-refractivity contribution < 1.29 is 0 Å². The van der Waals surface area contributed by atoms with Crippen LogP contribution in [0.15, 0.2) is 4.99 Å². The monoisotopic (exact) mass is 517 g/mol. The summed E-state index contributed by atoms with van der Waals surface area (Å²) in [4.78, 5) is 7.46. The molecule has 3 rings (SSSR count). The zero-order valence-electron chi connectivity index (χ0n) is 18.5. The van der Waals surface area contributed by atoms with Crippen LogP contribution in [0.2, 0.25) is 0 Å². The molecule has 1 aromatic rings. The Kier molecular flexibility index (Phi) is 10.7. The average Bonchev–Trinajstić information content (AvgIpc) is 3.03. The van der Waals surface area contributed by atoms with Crippen LogP contribution >= 0.6 is 24.0 Å². The Balaban J connectivity index is 0.00000300. The number of guanidine groups is 1. The second kappa shape index (κ2) is 12.7. The summed E-state index contributed by atoms with van der Waals surface area (Å²) in [5.74, 6) is 2.76. The molecule has 1 saturated carbocycles. The highest BCUT2D eigenvalue weighted by atomic mass is 127. The Morgan fingerprint density at radius 2 is 1.86 bits per heavy atom. The number of hydrogen-bond donors (Lipinski definition) is 2. The number of likely N-dealkylation sites (tertiary alicyclic amines) is 1. The van der Waals surface area contributed by atoms with E-state index in [1.54, 1.807) is 0 Å². The van der Waals surface area contributed by atoms with Crippen molar-refractivity contribution in [3.63, 3.8) is 0 Å². The predicted molar refractivity (Wildman–Crippen MR) is 130 cm³/mol. The van der Waals surface area contributed by atoms with Crippen LogP contribution in [0.5, 0.6) is 0 Å². The molecule has 1 aliphatic carbocycles. The second-order valence-electron chi connectivity index (χ2n) is 8.53. The van der Waals surface area contributed by atoms with E-state index in [0.29, 0.717) is 12.6 Å². The van der Waals surface area contributed by atoms with Gasteiger partial charge in [0.1, 0.15) is 12.4 Å². The highest BCUT2D eigenvalue weighted by molar-refractivity contribution is 14.0. The predicted octanol–water partition coefficient (Wildman–Crippen LogP) is 3.37. The van der Waals surface area contributed by atoms with Crippen molar-refractivity contribution in [2.24, 2.45) is 12.0 Å². The summed E-state index contributed by atoms with van der Waals surface area (Å²) >= 11 is 0. The lowest BCUT2D eigenvalue weighted by molar-refractivity contribution is 0.159. The maximum Gasteiger partial charge on any atom is 0.191 e. The summed E-state index contributed by atoms with van der Waals surface area (Å²) in [6.07, 6.45) is 11.7. The zero-order chi connectivity index (χ0) is 19.8. The number of nitrogens with one attached hydrogen (secondary N) is 2. The smallest absolute Gasteiger partial charge is 0.191 e. The summed E-state index contributed by atoms with van der Waals surface area (Å²) in [6, 6.07) is 1.28. The van der Waals surface area contributed by atoms with Crippen molar-refractivity contribution in [2.45, 2.75) is 90.3 Å². The molecule has 1 atom stereocenters. The van der Waals surface area contributed by atoms with Gasteiger partial charge < -0.3 is 20.1 Å². The molecule has 29 heavy (non-hydrogen) atoms. The van der Waals surface area contributed by atoms with Crippen molar-refractivity contribution >= 4 is 29.9 Å². The van der Waals surface area contributed by atoms with Crippen molar-refractivity contribution in [3.8, 4) is 0 Å². The quantitative estimate of drug-likeness (QED) is 0.251. The van der Waals surface area contributed by atoms with Gasteiger partial charge in [-0.05, 0) is 52.5 Å². The van der Waals surface area contributed by atoms with Crippen LogP contribution in [0.4, 0.5) is 0 Å². The van der Waals surface area contributed by atoms with Crippen LogP contribution in [0.25, 0.3) is 0 Å². The molecule has 1 unspecified atom stereocenters. The van der Waals surface area contributed by atoms with Gasteiger partial charge in [-0.25, -0.2) is 4.99 Å². The first-order chi connectivity index (χ1) is 13.6. The first-order valence-corrected chi connectivity index (χ1v) is 11.3. The fourth-order valence-electron chi connectivity index (χ4n) is 4.31. The van der Waals surface area contributed by atoms with E-state index in [9.17, 15) is 0 Å². The first kappa shape index (κ1) is 24.4. The Morgan fingerprint density at radius 3 is 2.55 bits per heavy atom. The van der Waals surface area contributed by atoms with E-state index in [1.165, 1.54) is 64.5 Å². The van der Waals surface area contributed by atoms with Crippen LogP contribution in [-0.2, 0) is 13.6 Å². The molecule has 2 heterocycles. The summed E-state index contributed by atoms with van der Waals surface area (Å²) in [5.41, 5.74) is 0. The highest BCUT2D eigenvalue weighted by Crippen LogP contribution is 2.17. The van der Waals surface area contributed by atoms with Gasteiger partial charge in [0.25, 0.3) is 0 Å². The first-order valence-electron chi connectivity index (χ1n) is 11.3. The minimum absolute atomic E-state index is 0. The van der Waals surface area contributed by atoms with Crippen LogP contribution in [0.3, 0.4) is 0 Å². The number of halogens is 1. The number of rotatable bonds is 7. The summed E-state index contributed by atoms with van der Waals surface area (Å²) < 4.78 is 2.01. The van der Waals surface area contributed by atoms with E-state index in [0.717, 1.165) is 36.6 Å². The molecule has 0 radical (unpaired) electrons. The fourth-order valence-corrected chi connectivity index (χ4v) is 4.31. The number of aryl methyl sites for hydroxylation is 1. The van der Waals surface area contributed by atoms with Gasteiger partial charge in [0.2, 0.25) is 0 Å². The zero-order valence-corrected chi connectivity index (χ0v) is 20.8. The van der Waals surface area contributed by atoms with Gasteiger partial charge in [-0.3, -0.25) is 0 Å². The minimum atomic E-state index is 0. The van der Waals surface area contributed by atoms with Gasteiger partial charge in [0.05, 0.1) is 0 Å². The van der Waals surface area contributed by atoms with Crippen molar-refractivity contribution in [2.75, 3.05) is 19.6 Å². The van der Waals surface area contributed by atoms with E-state index < -0.39 is 0 Å². The Hall–Kier alpha value is -0.900. The molecule has 1 aliphatic heterocycles. The Morgan fingerprint density at radius 1 is 1.10 bits per heavy atom. The van der Waals surface area contributed by atoms with E-state index in [1.807, 2.05) is 18.5 Å². The van der Waals surface area contributed by atoms with Crippen molar-refractivity contribution in [1.29, 1.82) is 0 Å². The van der Waals surface area contributed by atoms with Crippen LogP contribution in [0, 0.1) is 6.92 Å². The van der Waals surface area contributed by atoms with Crippen LogP contribution < -0.4 is 10.6 Å². The maximum atomic E-state index is 4.82. The van der Waals surface area contributed by atoms with E-state index in [2.05, 4.69) is 32.7 Å². The van der Waals surface area contributed by atoms with Gasteiger partial charge in [0.15, 0.2) is 11.8 Å². The largest absolute Gasteiger partial charge is 0.356 e. The molecule has 8 heteroatoms. The third-order valence-electron chi connectivity index (χ3n) is 6.36. The minimum Gasteiger partial charge on any atom is -0.356 e. The molecule has 0 bridgehead atoms. The molecule has 2 aliphatic rings. The normalized spacial score (nSPS) is 21.6. The summed E-state index contributed by atoms with van der Waals surface area (Å²) in [6.45, 7) is 8.29. The van der Waals surface area contributed by atoms with Gasteiger partial charge in [-0.15, -0.1) is 34.2 Å². The SMILES string of the molecule is Cc1nnc(CN=C(NCCCN2CCCCC2C)NC2CCCCC2)n1C.I. The van der Waals surface area contributed by atoms with Gasteiger partial charge in [-0.1, -0.05) is 25.7 Å². The number of piperidine rings is 1. The highest BCUT2D eigenvalue weighted by Gasteiger charge is 2.18. The fraction of sp³-hybridized carbons (Fsp3) is 0.857. The number of aliphatic imine (C=N–C) groups is 1. The molecular weight excluding hydrogens is 477 g/mol. The molecule has 1 saturated heterocycles. The molecular formula is C21H40IN7. The number of aromatic nitrogens is 3. The third-order valence-corrected chi connectivity index (χ3v) is 6.36. The molecule has 2 fully saturated rings. The standard InChI is InChI=1S/C21H39N7.HI/c1-17-10-7-8-14-28(17)15-9-13-22-21(24-19-11-5-4-6-12-19)23-16-20-26-25-18(2)27(20)3;/h17,19H,4-16H2,1-3H3,(H2,22,23,24);1H. The van der Waals surface area contributed by atoms with E-state index in [-0.39, 0.29) is 24.0 Å². The van der Waals surface area contributed by atoms with E-state index >= 15 is 0 Å². The lowest BCUT2D eigenvalue weighted by atomic mass is 9.96. The van der Waals surface area contributed by atoms with Gasteiger partial charge >= 0.3 is 0 Å². The second-order valence-corrected chi connectivity index (χ2v) is 8.53. The number of nitrogens with zero attached hydrogens (tertiary/aromatic N) is 5. The van der Waals surface area contributed by atoms with Crippen LogP contribution in [0.1, 0.15) is 76.4 Å². The molecule has 2 N–H and O–H groups in total. The molecule has 0 spiro atoms. The molecule has 1 aromatic heterocycles. The maximum absolute atomic E-state index is 4.82. The lowest BCUT2D eigenvalue weighted by Crippen LogP contribution is -2.45. The lowest BCUT2D eigenvalue weighted by Gasteiger charge is -2.33. The van der Waals surface area contributed by atoms with Crippen LogP contribution in [-0.4, -0.2) is 57.3 Å². The topological polar surface area (TPSA) is 70.4 Å². The van der Waals surface area contributed by atoms with Crippen molar-refractivity contribution in [1.82, 2.24) is 30.3 Å². The van der Waals surface area contributed by atoms with Crippen molar-refractivity contribution in [3.05, 3.63) is 11.6 Å². The molecule has 0 amide bonds. The van der Waals surface area contributed by atoms with E-state index in [4.69, 9.17) is 4.99 Å². The van der Waals surface area contributed by atoms with Gasteiger partial charge in [-0.2, -0.15) is 0 Å². The molecule has 166 valence electrons. The average molecular weight is 518 g/mol. The molecule has 0 aromatic carbocycles. The third kappa shape index (κ3) is 7.70. The van der Waals surface area contributed by atoms with Gasteiger partial charge in [0, 0.05) is 32.2 Å². The Labute approximate surface area is 193 Å².